The summed E-state index contributed by atoms with van der Waals surface area (Å²) < 4.78 is 0. The molecule has 0 heterocycles. The standard InChI is InChI=1S/C15H23NO/c1-10-8-12(15(3,4)5)9-11(2)14(10)13(17)6-7-16/h8-9H,6-7,16H2,1-5H3. The van der Waals surface area contributed by atoms with Crippen LogP contribution < -0.4 is 5.73 Å². The van der Waals surface area contributed by atoms with Crippen LogP contribution >= 0.6 is 0 Å². The molecule has 0 aliphatic carbocycles. The zero-order valence-corrected chi connectivity index (χ0v) is 11.6. The maximum atomic E-state index is 12.0. The quantitative estimate of drug-likeness (QED) is 0.815. The van der Waals surface area contributed by atoms with E-state index in [1.807, 2.05) is 13.8 Å². The van der Waals surface area contributed by atoms with E-state index in [-0.39, 0.29) is 11.2 Å². The Balaban J connectivity index is 3.25. The van der Waals surface area contributed by atoms with E-state index in [1.165, 1.54) is 5.56 Å². The van der Waals surface area contributed by atoms with Gasteiger partial charge in [0.05, 0.1) is 0 Å². The van der Waals surface area contributed by atoms with Gasteiger partial charge in [0.1, 0.15) is 0 Å². The molecule has 0 aliphatic heterocycles. The third-order valence-electron chi connectivity index (χ3n) is 3.05. The van der Waals surface area contributed by atoms with Crippen molar-refractivity contribution in [2.45, 2.75) is 46.5 Å². The van der Waals surface area contributed by atoms with Gasteiger partial charge in [-0.3, -0.25) is 4.79 Å². The van der Waals surface area contributed by atoms with Gasteiger partial charge >= 0.3 is 0 Å². The van der Waals surface area contributed by atoms with Gasteiger partial charge in [-0.2, -0.15) is 0 Å². The van der Waals surface area contributed by atoms with E-state index in [0.717, 1.165) is 16.7 Å². The Bertz CT molecular complexity index is 404. The topological polar surface area (TPSA) is 43.1 Å². The summed E-state index contributed by atoms with van der Waals surface area (Å²) in [7, 11) is 0. The first-order chi connectivity index (χ1) is 7.77. The number of carbonyl (C=O) groups is 1. The average Bonchev–Trinajstić information content (AvgIpc) is 2.15. The van der Waals surface area contributed by atoms with E-state index in [0.29, 0.717) is 13.0 Å². The minimum Gasteiger partial charge on any atom is -0.330 e. The van der Waals surface area contributed by atoms with Gasteiger partial charge in [-0.25, -0.2) is 0 Å². The highest BCUT2D eigenvalue weighted by Crippen LogP contribution is 2.27. The molecule has 0 fully saturated rings. The van der Waals surface area contributed by atoms with Crippen molar-refractivity contribution < 1.29 is 4.79 Å². The van der Waals surface area contributed by atoms with Crippen LogP contribution in [0.2, 0.25) is 0 Å². The van der Waals surface area contributed by atoms with Crippen LogP contribution in [0.25, 0.3) is 0 Å². The van der Waals surface area contributed by atoms with E-state index in [4.69, 9.17) is 5.73 Å². The Morgan fingerprint density at radius 1 is 1.18 bits per heavy atom. The molecule has 0 spiro atoms. The first-order valence-corrected chi connectivity index (χ1v) is 6.12. The van der Waals surface area contributed by atoms with Gasteiger partial charge in [-0.05, 0) is 42.5 Å². The fraction of sp³-hybridized carbons (Fsp3) is 0.533. The highest BCUT2D eigenvalue weighted by molar-refractivity contribution is 5.99. The second-order valence-corrected chi connectivity index (χ2v) is 5.70. The van der Waals surface area contributed by atoms with Crippen molar-refractivity contribution in [1.29, 1.82) is 0 Å². The van der Waals surface area contributed by atoms with Gasteiger partial charge in [0.25, 0.3) is 0 Å². The lowest BCUT2D eigenvalue weighted by Crippen LogP contribution is -2.15. The summed E-state index contributed by atoms with van der Waals surface area (Å²) in [5.74, 6) is 0.156. The maximum absolute atomic E-state index is 12.0. The van der Waals surface area contributed by atoms with Crippen LogP contribution in [-0.4, -0.2) is 12.3 Å². The fourth-order valence-electron chi connectivity index (χ4n) is 2.09. The van der Waals surface area contributed by atoms with Crippen LogP contribution in [-0.2, 0) is 5.41 Å². The molecule has 0 saturated heterocycles. The number of nitrogens with two attached hydrogens (primary N) is 1. The number of ketones is 1. The van der Waals surface area contributed by atoms with Crippen molar-refractivity contribution in [2.24, 2.45) is 5.73 Å². The molecule has 0 aromatic heterocycles. The maximum Gasteiger partial charge on any atom is 0.164 e. The number of Topliss-reactive ketones (excluding diaryl/α,β-unsaturated/α-hetero) is 1. The number of hydrogen-bond donors (Lipinski definition) is 1. The molecule has 2 N–H and O–H groups in total. The SMILES string of the molecule is Cc1cc(C(C)(C)C)cc(C)c1C(=O)CCN. The third kappa shape index (κ3) is 3.16. The number of rotatable bonds is 3. The van der Waals surface area contributed by atoms with Crippen molar-refractivity contribution in [3.05, 3.63) is 34.4 Å². The lowest BCUT2D eigenvalue weighted by molar-refractivity contribution is 0.0984. The van der Waals surface area contributed by atoms with Crippen LogP contribution in [0.15, 0.2) is 12.1 Å². The zero-order chi connectivity index (χ0) is 13.2. The molecule has 1 aromatic rings. The van der Waals surface area contributed by atoms with Crippen LogP contribution in [0.1, 0.15) is 54.2 Å². The molecule has 1 aromatic carbocycles. The minimum absolute atomic E-state index is 0.116. The van der Waals surface area contributed by atoms with Crippen molar-refractivity contribution in [3.63, 3.8) is 0 Å². The van der Waals surface area contributed by atoms with E-state index in [2.05, 4.69) is 32.9 Å². The lowest BCUT2D eigenvalue weighted by Gasteiger charge is -2.22. The first kappa shape index (κ1) is 13.9. The molecule has 0 aliphatic rings. The average molecular weight is 233 g/mol. The number of hydrogen-bond acceptors (Lipinski definition) is 2. The Morgan fingerprint density at radius 3 is 2.00 bits per heavy atom. The van der Waals surface area contributed by atoms with Crippen molar-refractivity contribution in [2.75, 3.05) is 6.54 Å². The fourth-order valence-corrected chi connectivity index (χ4v) is 2.09. The van der Waals surface area contributed by atoms with E-state index in [9.17, 15) is 4.79 Å². The molecule has 0 radical (unpaired) electrons. The summed E-state index contributed by atoms with van der Waals surface area (Å²) in [6.45, 7) is 11.0. The Morgan fingerprint density at radius 2 is 1.65 bits per heavy atom. The number of benzene rings is 1. The molecule has 0 saturated carbocycles. The summed E-state index contributed by atoms with van der Waals surface area (Å²) in [6, 6.07) is 4.24. The lowest BCUT2D eigenvalue weighted by atomic mass is 9.83. The summed E-state index contributed by atoms with van der Waals surface area (Å²) in [5.41, 5.74) is 9.81. The van der Waals surface area contributed by atoms with Crippen LogP contribution in [0.5, 0.6) is 0 Å². The molecule has 2 nitrogen and oxygen atoms in total. The first-order valence-electron chi connectivity index (χ1n) is 6.12. The van der Waals surface area contributed by atoms with Gasteiger partial charge in [0, 0.05) is 12.0 Å². The largest absolute Gasteiger partial charge is 0.330 e. The second kappa shape index (κ2) is 5.01. The normalized spacial score (nSPS) is 11.6. The predicted octanol–water partition coefficient (Wildman–Crippen LogP) is 3.13. The smallest absolute Gasteiger partial charge is 0.164 e. The van der Waals surface area contributed by atoms with Crippen molar-refractivity contribution in [3.8, 4) is 0 Å². The van der Waals surface area contributed by atoms with E-state index in [1.54, 1.807) is 0 Å². The Labute approximate surface area is 104 Å². The number of aryl methyl sites for hydroxylation is 2. The highest BCUT2D eigenvalue weighted by Gasteiger charge is 2.18. The molecular weight excluding hydrogens is 210 g/mol. The van der Waals surface area contributed by atoms with E-state index >= 15 is 0 Å². The summed E-state index contributed by atoms with van der Waals surface area (Å²) >= 11 is 0. The molecule has 17 heavy (non-hydrogen) atoms. The predicted molar refractivity (Wildman–Crippen MR) is 72.6 cm³/mol. The molecule has 0 atom stereocenters. The van der Waals surface area contributed by atoms with Gasteiger partial charge in [0.15, 0.2) is 5.78 Å². The summed E-state index contributed by atoms with van der Waals surface area (Å²) in [6.07, 6.45) is 0.427. The molecule has 0 unspecified atom stereocenters. The van der Waals surface area contributed by atoms with E-state index < -0.39 is 0 Å². The molecule has 94 valence electrons. The molecular formula is C15H23NO. The molecule has 0 bridgehead atoms. The second-order valence-electron chi connectivity index (χ2n) is 5.70. The minimum atomic E-state index is 0.116. The molecule has 0 amide bonds. The zero-order valence-electron chi connectivity index (χ0n) is 11.6. The summed E-state index contributed by atoms with van der Waals surface area (Å²) in [4.78, 5) is 12.0. The Hall–Kier alpha value is -1.15. The van der Waals surface area contributed by atoms with Gasteiger partial charge in [0.2, 0.25) is 0 Å². The van der Waals surface area contributed by atoms with Crippen molar-refractivity contribution in [1.82, 2.24) is 0 Å². The van der Waals surface area contributed by atoms with Gasteiger partial charge in [-0.15, -0.1) is 0 Å². The molecule has 1 rings (SSSR count). The van der Waals surface area contributed by atoms with Crippen LogP contribution in [0.3, 0.4) is 0 Å². The van der Waals surface area contributed by atoms with Gasteiger partial charge in [-0.1, -0.05) is 32.9 Å². The highest BCUT2D eigenvalue weighted by atomic mass is 16.1. The molecule has 2 heteroatoms. The van der Waals surface area contributed by atoms with Crippen LogP contribution in [0, 0.1) is 13.8 Å². The number of carbonyl (C=O) groups excluding carboxylic acids is 1. The Kier molecular flexibility index (Phi) is 4.10. The third-order valence-corrected chi connectivity index (χ3v) is 3.05. The van der Waals surface area contributed by atoms with Crippen LogP contribution in [0.4, 0.5) is 0 Å². The summed E-state index contributed by atoms with van der Waals surface area (Å²) in [5, 5.41) is 0. The monoisotopic (exact) mass is 233 g/mol. The van der Waals surface area contributed by atoms with Crippen molar-refractivity contribution >= 4 is 5.78 Å². The van der Waals surface area contributed by atoms with Gasteiger partial charge < -0.3 is 5.73 Å².